The summed E-state index contributed by atoms with van der Waals surface area (Å²) in [7, 11) is 0. The molecule has 1 unspecified atom stereocenters. The lowest BCUT2D eigenvalue weighted by atomic mass is 10.1. The molecule has 134 valence electrons. The van der Waals surface area contributed by atoms with Gasteiger partial charge in [-0.1, -0.05) is 18.2 Å². The van der Waals surface area contributed by atoms with Gasteiger partial charge in [0.1, 0.15) is 0 Å². The van der Waals surface area contributed by atoms with Crippen molar-refractivity contribution in [3.05, 3.63) is 40.3 Å². The molecule has 2 heterocycles. The number of rotatable bonds is 4. The second-order valence-electron chi connectivity index (χ2n) is 6.36. The van der Waals surface area contributed by atoms with Gasteiger partial charge < -0.3 is 10.1 Å². The van der Waals surface area contributed by atoms with Gasteiger partial charge >= 0.3 is 6.09 Å². The van der Waals surface area contributed by atoms with Crippen molar-refractivity contribution in [2.45, 2.75) is 39.4 Å². The fraction of sp³-hybridized carbons (Fsp3) is 0.500. The van der Waals surface area contributed by atoms with E-state index in [9.17, 15) is 9.59 Å². The van der Waals surface area contributed by atoms with E-state index in [0.29, 0.717) is 25.2 Å². The minimum Gasteiger partial charge on any atom is -0.450 e. The molecule has 1 N–H and O–H groups in total. The Morgan fingerprint density at radius 3 is 2.88 bits per heavy atom. The lowest BCUT2D eigenvalue weighted by Crippen LogP contribution is -2.49. The van der Waals surface area contributed by atoms with Crippen LogP contribution >= 0.6 is 0 Å². The Hall–Kier alpha value is -2.41. The van der Waals surface area contributed by atoms with E-state index in [0.717, 1.165) is 30.5 Å². The van der Waals surface area contributed by atoms with Gasteiger partial charge in [-0.05, 0) is 32.8 Å². The van der Waals surface area contributed by atoms with Crippen LogP contribution in [-0.2, 0) is 11.4 Å². The normalized spacial score (nSPS) is 18.2. The maximum absolute atomic E-state index is 12.7. The van der Waals surface area contributed by atoms with Gasteiger partial charge in [0.15, 0.2) is 0 Å². The molecule has 0 aliphatic carbocycles. The molecule has 2 aromatic rings. The fourth-order valence-corrected chi connectivity index (χ4v) is 3.33. The van der Waals surface area contributed by atoms with Crippen molar-refractivity contribution in [1.82, 2.24) is 20.0 Å². The molecule has 7 nitrogen and oxygen atoms in total. The molecule has 1 aromatic heterocycles. The highest BCUT2D eigenvalue weighted by Gasteiger charge is 2.22. The zero-order valence-corrected chi connectivity index (χ0v) is 14.7. The number of aryl methyl sites for hydroxylation is 1. The van der Waals surface area contributed by atoms with E-state index in [4.69, 9.17) is 4.74 Å². The van der Waals surface area contributed by atoms with E-state index in [1.807, 2.05) is 31.2 Å². The first-order chi connectivity index (χ1) is 12.1. The van der Waals surface area contributed by atoms with Crippen molar-refractivity contribution in [3.8, 4) is 0 Å². The van der Waals surface area contributed by atoms with E-state index >= 15 is 0 Å². The van der Waals surface area contributed by atoms with E-state index in [-0.39, 0.29) is 17.7 Å². The number of piperidine rings is 1. The average molecular weight is 344 g/mol. The minimum atomic E-state index is -0.383. The summed E-state index contributed by atoms with van der Waals surface area (Å²) < 4.78 is 6.46. The van der Waals surface area contributed by atoms with Crippen LogP contribution in [0.15, 0.2) is 29.1 Å². The number of carbonyl (C=O) groups excluding carboxylic acids is 1. The van der Waals surface area contributed by atoms with Crippen LogP contribution in [0.25, 0.3) is 10.8 Å². The third-order valence-corrected chi connectivity index (χ3v) is 4.49. The molecule has 1 amide bonds. The second-order valence-corrected chi connectivity index (χ2v) is 6.36. The summed E-state index contributed by atoms with van der Waals surface area (Å²) in [6, 6.07) is 7.57. The van der Waals surface area contributed by atoms with Gasteiger partial charge in [-0.3, -0.25) is 9.69 Å². The fourth-order valence-electron chi connectivity index (χ4n) is 3.33. The quantitative estimate of drug-likeness (QED) is 0.916. The van der Waals surface area contributed by atoms with Crippen molar-refractivity contribution < 1.29 is 9.53 Å². The first kappa shape index (κ1) is 17.4. The van der Waals surface area contributed by atoms with Gasteiger partial charge in [0.2, 0.25) is 0 Å². The molecule has 1 saturated heterocycles. The molecule has 1 fully saturated rings. The predicted molar refractivity (Wildman–Crippen MR) is 95.5 cm³/mol. The maximum Gasteiger partial charge on any atom is 0.407 e. The van der Waals surface area contributed by atoms with E-state index in [1.165, 1.54) is 4.68 Å². The number of hydrogen-bond acceptors (Lipinski definition) is 5. The smallest absolute Gasteiger partial charge is 0.407 e. The molecule has 1 aliphatic heterocycles. The number of benzene rings is 1. The zero-order chi connectivity index (χ0) is 17.8. The topological polar surface area (TPSA) is 76.5 Å². The molecule has 1 atom stereocenters. The summed E-state index contributed by atoms with van der Waals surface area (Å²) in [5, 5.41) is 8.92. The molecule has 3 rings (SSSR count). The molecule has 0 bridgehead atoms. The first-order valence-electron chi connectivity index (χ1n) is 8.70. The van der Waals surface area contributed by atoms with Gasteiger partial charge in [0.25, 0.3) is 5.56 Å². The maximum atomic E-state index is 12.7. The average Bonchev–Trinajstić information content (AvgIpc) is 2.60. The summed E-state index contributed by atoms with van der Waals surface area (Å²) >= 11 is 0. The molecule has 0 radical (unpaired) electrons. The van der Waals surface area contributed by atoms with Crippen molar-refractivity contribution in [2.75, 3.05) is 19.7 Å². The van der Waals surface area contributed by atoms with Crippen LogP contribution < -0.4 is 10.9 Å². The van der Waals surface area contributed by atoms with Crippen molar-refractivity contribution in [3.63, 3.8) is 0 Å². The first-order valence-corrected chi connectivity index (χ1v) is 8.70. The summed E-state index contributed by atoms with van der Waals surface area (Å²) in [4.78, 5) is 26.4. The van der Waals surface area contributed by atoms with Crippen LogP contribution in [-0.4, -0.2) is 46.5 Å². The standard InChI is InChI=1S/C18H24N4O3/c1-3-25-18(24)19-14-7-6-10-21(11-14)12-22-17(23)16-9-5-4-8-15(16)13(2)20-22/h4-5,8-9,14H,3,6-7,10-12H2,1-2H3,(H,19,24). The number of nitrogens with zero attached hydrogens (tertiary/aromatic N) is 3. The van der Waals surface area contributed by atoms with E-state index in [1.54, 1.807) is 6.92 Å². The van der Waals surface area contributed by atoms with Crippen molar-refractivity contribution >= 4 is 16.9 Å². The molecule has 7 heteroatoms. The number of likely N-dealkylation sites (tertiary alicyclic amines) is 1. The highest BCUT2D eigenvalue weighted by Crippen LogP contribution is 2.14. The SMILES string of the molecule is CCOC(=O)NC1CCCN(Cn2nc(C)c3ccccc3c2=O)C1. The van der Waals surface area contributed by atoms with E-state index < -0.39 is 0 Å². The number of hydrogen-bond donors (Lipinski definition) is 1. The van der Waals surface area contributed by atoms with Gasteiger partial charge in [-0.25, -0.2) is 9.48 Å². The molecule has 1 aromatic carbocycles. The Morgan fingerprint density at radius 2 is 2.12 bits per heavy atom. The third kappa shape index (κ3) is 3.99. The van der Waals surface area contributed by atoms with Crippen molar-refractivity contribution in [1.29, 1.82) is 0 Å². The predicted octanol–water partition coefficient (Wildman–Crippen LogP) is 1.87. The number of nitrogens with one attached hydrogen (secondary N) is 1. The Morgan fingerprint density at radius 1 is 1.36 bits per heavy atom. The van der Waals surface area contributed by atoms with Gasteiger partial charge in [-0.2, -0.15) is 5.10 Å². The number of fused-ring (bicyclic) bond motifs is 1. The van der Waals surface area contributed by atoms with Crippen molar-refractivity contribution in [2.24, 2.45) is 0 Å². The van der Waals surface area contributed by atoms with Crippen LogP contribution in [0.2, 0.25) is 0 Å². The molecule has 0 spiro atoms. The molecular weight excluding hydrogens is 320 g/mol. The van der Waals surface area contributed by atoms with Crippen LogP contribution in [0.5, 0.6) is 0 Å². The Kier molecular flexibility index (Phi) is 5.33. The number of alkyl carbamates (subject to hydrolysis) is 1. The lowest BCUT2D eigenvalue weighted by Gasteiger charge is -2.32. The lowest BCUT2D eigenvalue weighted by molar-refractivity contribution is 0.120. The number of ether oxygens (including phenoxy) is 1. The molecule has 25 heavy (non-hydrogen) atoms. The Bertz CT molecular complexity index is 818. The third-order valence-electron chi connectivity index (χ3n) is 4.49. The molecular formula is C18H24N4O3. The summed E-state index contributed by atoms with van der Waals surface area (Å²) in [5.41, 5.74) is 0.759. The van der Waals surface area contributed by atoms with Crippen LogP contribution in [0, 0.1) is 6.92 Å². The van der Waals surface area contributed by atoms with Gasteiger partial charge in [-0.15, -0.1) is 0 Å². The molecule has 1 aliphatic rings. The van der Waals surface area contributed by atoms with Gasteiger partial charge in [0, 0.05) is 24.5 Å². The Labute approximate surface area is 146 Å². The van der Waals surface area contributed by atoms with Crippen LogP contribution in [0.1, 0.15) is 25.5 Å². The van der Waals surface area contributed by atoms with Crippen LogP contribution in [0.3, 0.4) is 0 Å². The second kappa shape index (κ2) is 7.65. The van der Waals surface area contributed by atoms with E-state index in [2.05, 4.69) is 15.3 Å². The minimum absolute atomic E-state index is 0.0325. The summed E-state index contributed by atoms with van der Waals surface area (Å²) in [6.45, 7) is 6.04. The summed E-state index contributed by atoms with van der Waals surface area (Å²) in [6.07, 6.45) is 1.48. The summed E-state index contributed by atoms with van der Waals surface area (Å²) in [5.74, 6) is 0. The zero-order valence-electron chi connectivity index (χ0n) is 14.7. The number of carbonyl (C=O) groups is 1. The largest absolute Gasteiger partial charge is 0.450 e. The monoisotopic (exact) mass is 344 g/mol. The molecule has 0 saturated carbocycles. The number of amides is 1. The number of aromatic nitrogens is 2. The highest BCUT2D eigenvalue weighted by molar-refractivity contribution is 5.83. The van der Waals surface area contributed by atoms with Crippen LogP contribution in [0.4, 0.5) is 4.79 Å². The Balaban J connectivity index is 1.74. The van der Waals surface area contributed by atoms with Gasteiger partial charge in [0.05, 0.1) is 24.4 Å². The highest BCUT2D eigenvalue weighted by atomic mass is 16.5.